The van der Waals surface area contributed by atoms with Crippen molar-refractivity contribution in [3.63, 3.8) is 0 Å². The van der Waals surface area contributed by atoms with Gasteiger partial charge in [0.2, 0.25) is 5.95 Å². The summed E-state index contributed by atoms with van der Waals surface area (Å²) < 4.78 is 38.1. The Hall–Kier alpha value is -3.86. The number of aromatic nitrogens is 7. The average Bonchev–Trinajstić information content (AvgIpc) is 3.90. The molecule has 7 rings (SSSR count). The molecule has 1 saturated carbocycles. The summed E-state index contributed by atoms with van der Waals surface area (Å²) in [5.41, 5.74) is 2.41. The van der Waals surface area contributed by atoms with Gasteiger partial charge in [-0.25, -0.2) is 19.6 Å². The van der Waals surface area contributed by atoms with Crippen LogP contribution in [0.1, 0.15) is 51.5 Å². The molecular weight excluding hydrogens is 702 g/mol. The predicted octanol–water partition coefficient (Wildman–Crippen LogP) is 5.20. The number of hydrogen-bond donors (Lipinski definition) is 1. The van der Waals surface area contributed by atoms with E-state index in [1.54, 1.807) is 30.5 Å². The SMILES string of the molecule is COCCOCCOCCOc1nn(C2CCC(N3[C@@H]4CC[C@H]3COC4)CC2)cc1Nc1ncc(-c2ccc(Cl)c(O[C@@H](C)Cn3cncn3)c2)cn1. The fourth-order valence-corrected chi connectivity index (χ4v) is 7.74. The Labute approximate surface area is 315 Å². The molecule has 286 valence electrons. The van der Waals surface area contributed by atoms with Crippen LogP contribution in [0.5, 0.6) is 11.6 Å². The first-order valence-corrected chi connectivity index (χ1v) is 19.0. The topological polar surface area (TPSA) is 145 Å². The van der Waals surface area contributed by atoms with Gasteiger partial charge in [-0.15, -0.1) is 5.10 Å². The Bertz CT molecular complexity index is 1690. The summed E-state index contributed by atoms with van der Waals surface area (Å²) >= 11 is 6.49. The van der Waals surface area contributed by atoms with Gasteiger partial charge in [0.1, 0.15) is 36.8 Å². The van der Waals surface area contributed by atoms with Gasteiger partial charge in [0.15, 0.2) is 0 Å². The third-order valence-corrected chi connectivity index (χ3v) is 10.4. The van der Waals surface area contributed by atoms with Crippen LogP contribution in [0.4, 0.5) is 11.6 Å². The van der Waals surface area contributed by atoms with Crippen molar-refractivity contribution in [3.05, 3.63) is 54.5 Å². The standard InChI is InChI=1S/C37H50ClN9O6/c1-26(20-45-25-39-24-42-45)53-35-17-27(3-10-33(35)38)28-18-40-37(41-19-28)43-34-21-46(44-36(34)52-16-15-50-14-13-49-12-11-48-2)29-4-6-30(7-5-29)47-31-8-9-32(47)23-51-22-31/h3,10,17-19,21,24-26,29-32H,4-9,11-16,20,22-23H2,1-2H3,(H,40,41,43)/t26-,29?,30?,31-,32+/m0/s1. The summed E-state index contributed by atoms with van der Waals surface area (Å²) in [6.45, 7) is 7.08. The highest BCUT2D eigenvalue weighted by Crippen LogP contribution is 2.39. The van der Waals surface area contributed by atoms with E-state index in [1.807, 2.05) is 31.3 Å². The van der Waals surface area contributed by atoms with E-state index in [2.05, 4.69) is 34.9 Å². The number of fused-ring (bicyclic) bond motifs is 2. The van der Waals surface area contributed by atoms with Crippen LogP contribution in [0.25, 0.3) is 11.1 Å². The fourth-order valence-electron chi connectivity index (χ4n) is 7.57. The average molecular weight is 752 g/mol. The molecule has 3 aliphatic rings. The van der Waals surface area contributed by atoms with Gasteiger partial charge in [-0.3, -0.25) is 9.58 Å². The molecule has 0 amide bonds. The minimum absolute atomic E-state index is 0.175. The third kappa shape index (κ3) is 9.82. The van der Waals surface area contributed by atoms with E-state index >= 15 is 0 Å². The summed E-state index contributed by atoms with van der Waals surface area (Å²) in [6, 6.07) is 7.69. The molecule has 2 bridgehead atoms. The first-order chi connectivity index (χ1) is 26.0. The number of morpholine rings is 1. The molecule has 0 radical (unpaired) electrons. The second-order valence-corrected chi connectivity index (χ2v) is 14.2. The number of nitrogens with zero attached hydrogens (tertiary/aromatic N) is 8. The number of nitrogens with one attached hydrogen (secondary N) is 1. The Kier molecular flexibility index (Phi) is 13.0. The summed E-state index contributed by atoms with van der Waals surface area (Å²) in [4.78, 5) is 16.0. The predicted molar refractivity (Wildman–Crippen MR) is 198 cm³/mol. The zero-order valence-electron chi connectivity index (χ0n) is 30.5. The van der Waals surface area contributed by atoms with E-state index in [0.29, 0.717) is 92.6 Å². The molecule has 5 heterocycles. The molecule has 3 atom stereocenters. The molecule has 1 aromatic carbocycles. The first-order valence-electron chi connectivity index (χ1n) is 18.6. The van der Waals surface area contributed by atoms with Gasteiger partial charge in [0.05, 0.1) is 70.1 Å². The number of halogens is 1. The van der Waals surface area contributed by atoms with Crippen LogP contribution in [0.3, 0.4) is 0 Å². The summed E-state index contributed by atoms with van der Waals surface area (Å²) in [5.74, 6) is 1.49. The van der Waals surface area contributed by atoms with Crippen molar-refractivity contribution < 1.29 is 28.4 Å². The lowest BCUT2D eigenvalue weighted by molar-refractivity contribution is -0.0458. The normalized spacial score (nSPS) is 22.2. The largest absolute Gasteiger partial charge is 0.487 e. The van der Waals surface area contributed by atoms with E-state index in [-0.39, 0.29) is 12.1 Å². The Morgan fingerprint density at radius 3 is 2.30 bits per heavy atom. The van der Waals surface area contributed by atoms with Crippen molar-refractivity contribution in [1.82, 2.24) is 39.4 Å². The molecule has 0 unspecified atom stereocenters. The van der Waals surface area contributed by atoms with E-state index in [1.165, 1.54) is 19.2 Å². The van der Waals surface area contributed by atoms with Crippen LogP contribution in [-0.4, -0.2) is 124 Å². The number of ether oxygens (including phenoxy) is 6. The summed E-state index contributed by atoms with van der Waals surface area (Å²) in [7, 11) is 1.65. The van der Waals surface area contributed by atoms with E-state index in [9.17, 15) is 0 Å². The van der Waals surface area contributed by atoms with Gasteiger partial charge < -0.3 is 33.7 Å². The first kappa shape index (κ1) is 37.5. The van der Waals surface area contributed by atoms with Crippen molar-refractivity contribution >= 4 is 23.2 Å². The van der Waals surface area contributed by atoms with E-state index in [4.69, 9.17) is 45.1 Å². The van der Waals surface area contributed by atoms with Gasteiger partial charge in [0.25, 0.3) is 5.88 Å². The maximum atomic E-state index is 6.49. The van der Waals surface area contributed by atoms with Crippen molar-refractivity contribution in [3.8, 4) is 22.8 Å². The van der Waals surface area contributed by atoms with Crippen molar-refractivity contribution in [2.75, 3.05) is 65.3 Å². The molecular formula is C37H50ClN9O6. The molecule has 1 aliphatic carbocycles. The molecule has 1 N–H and O–H groups in total. The highest BCUT2D eigenvalue weighted by Gasteiger charge is 2.42. The Morgan fingerprint density at radius 1 is 0.887 bits per heavy atom. The number of anilines is 2. The lowest BCUT2D eigenvalue weighted by Gasteiger charge is -2.43. The smallest absolute Gasteiger partial charge is 0.257 e. The van der Waals surface area contributed by atoms with Crippen LogP contribution in [0, 0.1) is 0 Å². The zero-order valence-corrected chi connectivity index (χ0v) is 31.3. The molecule has 4 aromatic rings. The molecule has 3 aromatic heterocycles. The van der Waals surface area contributed by atoms with E-state index in [0.717, 1.165) is 50.0 Å². The molecule has 53 heavy (non-hydrogen) atoms. The van der Waals surface area contributed by atoms with Crippen LogP contribution >= 0.6 is 11.6 Å². The molecule has 2 aliphatic heterocycles. The lowest BCUT2D eigenvalue weighted by atomic mass is 9.89. The van der Waals surface area contributed by atoms with Crippen molar-refractivity contribution in [1.29, 1.82) is 0 Å². The van der Waals surface area contributed by atoms with Crippen LogP contribution in [0.2, 0.25) is 5.02 Å². The number of benzene rings is 1. The van der Waals surface area contributed by atoms with Gasteiger partial charge >= 0.3 is 0 Å². The lowest BCUT2D eigenvalue weighted by Crippen LogP contribution is -2.52. The highest BCUT2D eigenvalue weighted by atomic mass is 35.5. The molecule has 0 spiro atoms. The summed E-state index contributed by atoms with van der Waals surface area (Å²) in [5, 5.41) is 12.9. The van der Waals surface area contributed by atoms with Gasteiger partial charge in [-0.2, -0.15) is 5.10 Å². The Morgan fingerprint density at radius 2 is 1.58 bits per heavy atom. The van der Waals surface area contributed by atoms with Gasteiger partial charge in [0, 0.05) is 43.2 Å². The van der Waals surface area contributed by atoms with Crippen LogP contribution in [0.15, 0.2) is 49.4 Å². The van der Waals surface area contributed by atoms with Crippen LogP contribution < -0.4 is 14.8 Å². The number of methoxy groups -OCH3 is 1. The zero-order chi connectivity index (χ0) is 36.4. The van der Waals surface area contributed by atoms with Crippen molar-refractivity contribution in [2.45, 2.75) is 82.3 Å². The maximum Gasteiger partial charge on any atom is 0.257 e. The molecule has 15 nitrogen and oxygen atoms in total. The Balaban J connectivity index is 0.988. The number of hydrogen-bond acceptors (Lipinski definition) is 13. The molecule has 16 heteroatoms. The minimum atomic E-state index is -0.175. The molecule has 3 fully saturated rings. The van der Waals surface area contributed by atoms with Crippen LogP contribution in [-0.2, 0) is 25.5 Å². The molecule has 2 saturated heterocycles. The number of rotatable bonds is 19. The van der Waals surface area contributed by atoms with Gasteiger partial charge in [-0.05, 0) is 63.1 Å². The second kappa shape index (κ2) is 18.5. The minimum Gasteiger partial charge on any atom is -0.487 e. The summed E-state index contributed by atoms with van der Waals surface area (Å²) in [6.07, 6.45) is 15.5. The second-order valence-electron chi connectivity index (χ2n) is 13.8. The maximum absolute atomic E-state index is 6.49. The van der Waals surface area contributed by atoms with E-state index < -0.39 is 0 Å². The third-order valence-electron chi connectivity index (χ3n) is 10.1. The fraction of sp³-hybridized carbons (Fsp3) is 0.595. The van der Waals surface area contributed by atoms with Gasteiger partial charge in [-0.1, -0.05) is 17.7 Å². The quantitative estimate of drug-likeness (QED) is 0.125. The highest BCUT2D eigenvalue weighted by molar-refractivity contribution is 6.32. The monoisotopic (exact) mass is 751 g/mol. The van der Waals surface area contributed by atoms with Crippen molar-refractivity contribution in [2.24, 2.45) is 0 Å².